The van der Waals surface area contributed by atoms with E-state index in [2.05, 4.69) is 4.98 Å². The van der Waals surface area contributed by atoms with Crippen molar-refractivity contribution in [2.75, 3.05) is 13.7 Å². The maximum absolute atomic E-state index is 11.7. The molecule has 1 heterocycles. The van der Waals surface area contributed by atoms with Gasteiger partial charge in [0.25, 0.3) is 0 Å². The molecule has 0 N–H and O–H groups in total. The van der Waals surface area contributed by atoms with Gasteiger partial charge in [-0.3, -0.25) is 0 Å². The maximum Gasteiger partial charge on any atom is 0.357 e. The van der Waals surface area contributed by atoms with Crippen molar-refractivity contribution < 1.29 is 14.3 Å². The smallest absolute Gasteiger partial charge is 0.357 e. The Balaban J connectivity index is 2.58. The van der Waals surface area contributed by atoms with Crippen LogP contribution in [0.3, 0.4) is 0 Å². The Morgan fingerprint density at radius 3 is 2.88 bits per heavy atom. The van der Waals surface area contributed by atoms with Crippen LogP contribution < -0.4 is 4.74 Å². The van der Waals surface area contributed by atoms with Crippen molar-refractivity contribution in [3.05, 3.63) is 36.2 Å². The number of carbonyl (C=O) groups excluding carboxylic acids is 1. The first-order chi connectivity index (χ1) is 8.26. The van der Waals surface area contributed by atoms with Gasteiger partial charge in [0.2, 0.25) is 0 Å². The van der Waals surface area contributed by atoms with Crippen LogP contribution in [0, 0.1) is 0 Å². The quantitative estimate of drug-likeness (QED) is 0.761. The van der Waals surface area contributed by atoms with Crippen molar-refractivity contribution in [3.8, 4) is 5.75 Å². The third-order valence-electron chi connectivity index (χ3n) is 2.44. The first kappa shape index (κ1) is 11.4. The van der Waals surface area contributed by atoms with E-state index in [0.717, 1.165) is 10.8 Å². The lowest BCUT2D eigenvalue weighted by Crippen LogP contribution is -2.07. The van der Waals surface area contributed by atoms with Crippen LogP contribution in [0.1, 0.15) is 17.4 Å². The fourth-order valence-corrected chi connectivity index (χ4v) is 1.64. The molecule has 0 saturated carbocycles. The maximum atomic E-state index is 11.7. The van der Waals surface area contributed by atoms with Crippen LogP contribution in [0.5, 0.6) is 5.75 Å². The minimum atomic E-state index is -0.411. The molecule has 0 aliphatic carbocycles. The van der Waals surface area contributed by atoms with E-state index in [0.29, 0.717) is 18.1 Å². The van der Waals surface area contributed by atoms with Gasteiger partial charge in [0.15, 0.2) is 5.69 Å². The molecule has 88 valence electrons. The number of benzene rings is 1. The Morgan fingerprint density at radius 2 is 2.18 bits per heavy atom. The molecule has 0 aliphatic rings. The van der Waals surface area contributed by atoms with Gasteiger partial charge in [0.1, 0.15) is 5.75 Å². The molecule has 0 aliphatic heterocycles. The zero-order valence-electron chi connectivity index (χ0n) is 9.77. The van der Waals surface area contributed by atoms with Crippen molar-refractivity contribution in [2.45, 2.75) is 6.92 Å². The number of fused-ring (bicyclic) bond motifs is 1. The van der Waals surface area contributed by atoms with Gasteiger partial charge in [0, 0.05) is 11.6 Å². The molecule has 4 heteroatoms. The van der Waals surface area contributed by atoms with E-state index in [9.17, 15) is 4.79 Å². The molecule has 0 fully saturated rings. The average molecular weight is 231 g/mol. The first-order valence-corrected chi connectivity index (χ1v) is 5.36. The minimum Gasteiger partial charge on any atom is -0.497 e. The molecule has 0 atom stereocenters. The third kappa shape index (κ3) is 2.20. The Labute approximate surface area is 99.2 Å². The second-order valence-electron chi connectivity index (χ2n) is 3.47. The van der Waals surface area contributed by atoms with Crippen molar-refractivity contribution in [1.82, 2.24) is 4.98 Å². The molecule has 0 amide bonds. The van der Waals surface area contributed by atoms with Gasteiger partial charge >= 0.3 is 5.97 Å². The minimum absolute atomic E-state index is 0.322. The number of methoxy groups -OCH3 is 1. The Hall–Kier alpha value is -2.10. The van der Waals surface area contributed by atoms with Crippen molar-refractivity contribution in [1.29, 1.82) is 0 Å². The number of carbonyl (C=O) groups is 1. The summed E-state index contributed by atoms with van der Waals surface area (Å²) in [5.41, 5.74) is 0.322. The van der Waals surface area contributed by atoms with Crippen LogP contribution >= 0.6 is 0 Å². The largest absolute Gasteiger partial charge is 0.497 e. The Bertz CT molecular complexity index is 551. The summed E-state index contributed by atoms with van der Waals surface area (Å²) >= 11 is 0. The summed E-state index contributed by atoms with van der Waals surface area (Å²) < 4.78 is 10.1. The predicted molar refractivity (Wildman–Crippen MR) is 64.3 cm³/mol. The topological polar surface area (TPSA) is 48.4 Å². The lowest BCUT2D eigenvalue weighted by Gasteiger charge is -2.06. The van der Waals surface area contributed by atoms with Crippen LogP contribution in [0.2, 0.25) is 0 Å². The second-order valence-corrected chi connectivity index (χ2v) is 3.47. The number of ether oxygens (including phenoxy) is 2. The highest BCUT2D eigenvalue weighted by atomic mass is 16.5. The van der Waals surface area contributed by atoms with Gasteiger partial charge in [0.05, 0.1) is 13.7 Å². The fourth-order valence-electron chi connectivity index (χ4n) is 1.64. The summed E-state index contributed by atoms with van der Waals surface area (Å²) in [4.78, 5) is 15.8. The summed E-state index contributed by atoms with van der Waals surface area (Å²) in [6.07, 6.45) is 1.60. The van der Waals surface area contributed by atoms with Gasteiger partial charge in [-0.05, 0) is 30.5 Å². The SMILES string of the molecule is CCOC(=O)c1nccc2ccc(OC)cc12. The van der Waals surface area contributed by atoms with E-state index in [-0.39, 0.29) is 0 Å². The molecule has 1 aromatic heterocycles. The molecule has 0 spiro atoms. The van der Waals surface area contributed by atoms with Crippen LogP contribution in [-0.4, -0.2) is 24.7 Å². The van der Waals surface area contributed by atoms with E-state index < -0.39 is 5.97 Å². The number of aromatic nitrogens is 1. The molecule has 0 saturated heterocycles. The molecule has 2 aromatic rings. The Kier molecular flexibility index (Phi) is 3.23. The van der Waals surface area contributed by atoms with Crippen molar-refractivity contribution in [3.63, 3.8) is 0 Å². The van der Waals surface area contributed by atoms with E-state index in [1.165, 1.54) is 0 Å². The van der Waals surface area contributed by atoms with Gasteiger partial charge < -0.3 is 9.47 Å². The van der Waals surface area contributed by atoms with E-state index >= 15 is 0 Å². The zero-order valence-corrected chi connectivity index (χ0v) is 9.77. The lowest BCUT2D eigenvalue weighted by atomic mass is 10.1. The van der Waals surface area contributed by atoms with E-state index in [4.69, 9.17) is 9.47 Å². The normalized spacial score (nSPS) is 10.2. The number of pyridine rings is 1. The number of hydrogen-bond donors (Lipinski definition) is 0. The molecule has 0 unspecified atom stereocenters. The highest BCUT2D eigenvalue weighted by molar-refractivity contribution is 6.02. The van der Waals surface area contributed by atoms with E-state index in [1.54, 1.807) is 26.3 Å². The summed E-state index contributed by atoms with van der Waals surface area (Å²) in [5.74, 6) is 0.280. The molecular formula is C13H13NO3. The summed E-state index contributed by atoms with van der Waals surface area (Å²) in [5, 5.41) is 1.68. The highest BCUT2D eigenvalue weighted by Crippen LogP contribution is 2.23. The lowest BCUT2D eigenvalue weighted by molar-refractivity contribution is 0.0522. The summed E-state index contributed by atoms with van der Waals surface area (Å²) in [7, 11) is 1.58. The molecule has 1 aromatic carbocycles. The Morgan fingerprint density at radius 1 is 1.35 bits per heavy atom. The number of nitrogens with zero attached hydrogens (tertiary/aromatic N) is 1. The average Bonchev–Trinajstić information content (AvgIpc) is 2.37. The standard InChI is InChI=1S/C13H13NO3/c1-3-17-13(15)12-11-8-10(16-2)5-4-9(11)6-7-14-12/h4-8H,3H2,1-2H3. The second kappa shape index (κ2) is 4.82. The number of esters is 1. The molecule has 2 rings (SSSR count). The highest BCUT2D eigenvalue weighted by Gasteiger charge is 2.12. The van der Waals surface area contributed by atoms with Gasteiger partial charge in [-0.1, -0.05) is 6.07 Å². The molecule has 4 nitrogen and oxygen atoms in total. The third-order valence-corrected chi connectivity index (χ3v) is 2.44. The molecule has 0 bridgehead atoms. The fraction of sp³-hybridized carbons (Fsp3) is 0.231. The van der Waals surface area contributed by atoms with Crippen LogP contribution in [0.25, 0.3) is 10.8 Å². The molecule has 0 radical (unpaired) electrons. The molecular weight excluding hydrogens is 218 g/mol. The monoisotopic (exact) mass is 231 g/mol. The zero-order chi connectivity index (χ0) is 12.3. The van der Waals surface area contributed by atoms with Crippen LogP contribution in [-0.2, 0) is 4.74 Å². The van der Waals surface area contributed by atoms with Gasteiger partial charge in [-0.15, -0.1) is 0 Å². The number of rotatable bonds is 3. The van der Waals surface area contributed by atoms with Crippen LogP contribution in [0.15, 0.2) is 30.5 Å². The summed E-state index contributed by atoms with van der Waals surface area (Å²) in [6.45, 7) is 2.10. The van der Waals surface area contributed by atoms with Crippen LogP contribution in [0.4, 0.5) is 0 Å². The van der Waals surface area contributed by atoms with Gasteiger partial charge in [-0.25, -0.2) is 9.78 Å². The summed E-state index contributed by atoms with van der Waals surface area (Å²) in [6, 6.07) is 7.36. The first-order valence-electron chi connectivity index (χ1n) is 5.36. The van der Waals surface area contributed by atoms with Crippen molar-refractivity contribution >= 4 is 16.7 Å². The number of hydrogen-bond acceptors (Lipinski definition) is 4. The van der Waals surface area contributed by atoms with E-state index in [1.807, 2.05) is 18.2 Å². The molecule has 17 heavy (non-hydrogen) atoms. The van der Waals surface area contributed by atoms with Gasteiger partial charge in [-0.2, -0.15) is 0 Å². The predicted octanol–water partition coefficient (Wildman–Crippen LogP) is 2.42. The van der Waals surface area contributed by atoms with Crippen molar-refractivity contribution in [2.24, 2.45) is 0 Å².